The second kappa shape index (κ2) is 4.75. The van der Waals surface area contributed by atoms with Crippen molar-refractivity contribution in [3.63, 3.8) is 0 Å². The Morgan fingerprint density at radius 2 is 1.43 bits per heavy atom. The van der Waals surface area contributed by atoms with E-state index in [-0.39, 0.29) is 41.7 Å². The predicted octanol–water partition coefficient (Wildman–Crippen LogP) is 1.49. The molecule has 0 heterocycles. The van der Waals surface area contributed by atoms with Gasteiger partial charge in [-0.3, -0.25) is 0 Å². The molecule has 1 aromatic carbocycles. The number of rotatable bonds is 0. The number of benzene rings is 1. The van der Waals surface area contributed by atoms with Crippen LogP contribution in [0.15, 0.2) is 30.3 Å². The molecule has 7 heavy (non-hydrogen) atoms. The topological polar surface area (TPSA) is 0 Å². The third-order valence-corrected chi connectivity index (χ3v) is 0.607. The molecule has 0 bridgehead atoms. The molecule has 0 amide bonds. The molecule has 0 spiro atoms. The van der Waals surface area contributed by atoms with E-state index in [0.29, 0.717) is 0 Å². The first-order chi connectivity index (χ1) is 3.00. The third kappa shape index (κ3) is 3.20. The van der Waals surface area contributed by atoms with E-state index in [0.717, 1.165) is 0 Å². The van der Waals surface area contributed by atoms with Crippen molar-refractivity contribution in [1.29, 1.82) is 0 Å². The zero-order valence-corrected chi connectivity index (χ0v) is 7.03. The van der Waals surface area contributed by atoms with Crippen LogP contribution in [0.5, 0.6) is 0 Å². The Hall–Kier alpha value is 0.597. The number of hydrogen-bond donors (Lipinski definition) is 0. The SMILES string of the molecule is [Ce].[c]1ccccc1. The zero-order chi connectivity index (χ0) is 4.24. The average Bonchev–Trinajstić information content (AvgIpc) is 1.72. The maximum absolute atomic E-state index is 2.89. The van der Waals surface area contributed by atoms with Crippen molar-refractivity contribution >= 4 is 0 Å². The van der Waals surface area contributed by atoms with Gasteiger partial charge in [0, 0.05) is 41.7 Å². The molecule has 0 saturated heterocycles. The fraction of sp³-hybridized carbons (Fsp3) is 0. The monoisotopic (exact) mass is 217 g/mol. The molecule has 0 N–H and O–H groups in total. The van der Waals surface area contributed by atoms with Crippen LogP contribution in [0.3, 0.4) is 0 Å². The second-order valence-electron chi connectivity index (χ2n) is 1.08. The van der Waals surface area contributed by atoms with Crippen molar-refractivity contribution in [2.45, 2.75) is 0 Å². The molecular formula is C6H5Ce. The zero-order valence-electron chi connectivity index (χ0n) is 3.89. The van der Waals surface area contributed by atoms with E-state index in [1.807, 2.05) is 30.3 Å². The van der Waals surface area contributed by atoms with Gasteiger partial charge in [-0.1, -0.05) is 30.3 Å². The van der Waals surface area contributed by atoms with Crippen molar-refractivity contribution < 1.29 is 41.7 Å². The molecule has 0 aliphatic carbocycles. The summed E-state index contributed by atoms with van der Waals surface area (Å²) in [6.07, 6.45) is 0. The molecule has 0 saturated carbocycles. The first kappa shape index (κ1) is 7.60. The quantitative estimate of drug-likeness (QED) is 0.617. The van der Waals surface area contributed by atoms with Gasteiger partial charge in [-0.25, -0.2) is 0 Å². The molecule has 1 aromatic rings. The van der Waals surface area contributed by atoms with Gasteiger partial charge in [0.25, 0.3) is 0 Å². The summed E-state index contributed by atoms with van der Waals surface area (Å²) in [5.41, 5.74) is 0. The smallest absolute Gasteiger partial charge is 0 e. The summed E-state index contributed by atoms with van der Waals surface area (Å²) in [7, 11) is 0. The first-order valence-corrected chi connectivity index (χ1v) is 1.91. The Morgan fingerprint density at radius 1 is 0.857 bits per heavy atom. The van der Waals surface area contributed by atoms with E-state index in [1.165, 1.54) is 0 Å². The minimum atomic E-state index is 0. The molecule has 33 valence electrons. The van der Waals surface area contributed by atoms with Gasteiger partial charge in [0.1, 0.15) is 0 Å². The van der Waals surface area contributed by atoms with Crippen molar-refractivity contribution in [2.75, 3.05) is 0 Å². The van der Waals surface area contributed by atoms with Gasteiger partial charge in [0.15, 0.2) is 0 Å². The van der Waals surface area contributed by atoms with Gasteiger partial charge in [0.05, 0.1) is 0 Å². The Kier molecular flexibility index (Phi) is 5.15. The molecule has 0 aliphatic rings. The van der Waals surface area contributed by atoms with Crippen molar-refractivity contribution in [1.82, 2.24) is 0 Å². The molecule has 0 unspecified atom stereocenters. The standard InChI is InChI=1S/C6H5.Ce/c1-2-4-6-5-3-1;/h1-5H;. The van der Waals surface area contributed by atoms with Gasteiger partial charge in [-0.05, 0) is 6.07 Å². The van der Waals surface area contributed by atoms with E-state index in [2.05, 4.69) is 6.07 Å². The van der Waals surface area contributed by atoms with Gasteiger partial charge >= 0.3 is 0 Å². The van der Waals surface area contributed by atoms with Crippen molar-refractivity contribution in [3.05, 3.63) is 36.4 Å². The van der Waals surface area contributed by atoms with Crippen LogP contribution in [-0.4, -0.2) is 0 Å². The van der Waals surface area contributed by atoms with Crippen LogP contribution in [0, 0.1) is 47.8 Å². The van der Waals surface area contributed by atoms with Crippen LogP contribution in [0.2, 0.25) is 0 Å². The summed E-state index contributed by atoms with van der Waals surface area (Å²) < 4.78 is 0. The van der Waals surface area contributed by atoms with Gasteiger partial charge < -0.3 is 0 Å². The van der Waals surface area contributed by atoms with Crippen LogP contribution in [0.25, 0.3) is 0 Å². The van der Waals surface area contributed by atoms with Crippen LogP contribution in [0.1, 0.15) is 0 Å². The normalized spacial score (nSPS) is 6.86. The van der Waals surface area contributed by atoms with E-state index in [1.54, 1.807) is 0 Å². The molecule has 0 nitrogen and oxygen atoms in total. The van der Waals surface area contributed by atoms with Gasteiger partial charge in [-0.15, -0.1) is 0 Å². The second-order valence-corrected chi connectivity index (χ2v) is 1.08. The molecule has 1 radical (unpaired) electrons. The largest absolute Gasteiger partial charge is 0.0622 e. The summed E-state index contributed by atoms with van der Waals surface area (Å²) in [5.74, 6) is 0. The van der Waals surface area contributed by atoms with Crippen molar-refractivity contribution in [2.24, 2.45) is 0 Å². The van der Waals surface area contributed by atoms with Crippen LogP contribution < -0.4 is 0 Å². The van der Waals surface area contributed by atoms with Crippen molar-refractivity contribution in [3.8, 4) is 0 Å². The minimum absolute atomic E-state index is 0. The molecule has 1 rings (SSSR count). The number of hydrogen-bond acceptors (Lipinski definition) is 0. The first-order valence-electron chi connectivity index (χ1n) is 1.91. The Morgan fingerprint density at radius 3 is 1.57 bits per heavy atom. The fourth-order valence-electron chi connectivity index (χ4n) is 0.342. The molecule has 1 heteroatoms. The van der Waals surface area contributed by atoms with Gasteiger partial charge in [-0.2, -0.15) is 0 Å². The predicted molar refractivity (Wildman–Crippen MR) is 25.3 cm³/mol. The summed E-state index contributed by atoms with van der Waals surface area (Å²) in [4.78, 5) is 0. The molecule has 0 aliphatic heterocycles. The van der Waals surface area contributed by atoms with E-state index in [9.17, 15) is 0 Å². The molecule has 0 fully saturated rings. The third-order valence-electron chi connectivity index (χ3n) is 0.607. The summed E-state index contributed by atoms with van der Waals surface area (Å²) in [6, 6.07) is 12.5. The molecule has 0 aromatic heterocycles. The molecular weight excluding hydrogens is 212 g/mol. The van der Waals surface area contributed by atoms with E-state index < -0.39 is 0 Å². The molecule has 0 atom stereocenters. The summed E-state index contributed by atoms with van der Waals surface area (Å²) >= 11 is 0. The maximum atomic E-state index is 2.89. The van der Waals surface area contributed by atoms with Crippen LogP contribution in [0.4, 0.5) is 0 Å². The minimum Gasteiger partial charge on any atom is -0.0622 e. The van der Waals surface area contributed by atoms with Gasteiger partial charge in [0.2, 0.25) is 0 Å². The Labute approximate surface area is 77.3 Å². The Balaban J connectivity index is 0.000000360. The fourth-order valence-corrected chi connectivity index (χ4v) is 0.342. The summed E-state index contributed by atoms with van der Waals surface area (Å²) in [5, 5.41) is 0. The average molecular weight is 217 g/mol. The van der Waals surface area contributed by atoms with E-state index in [4.69, 9.17) is 0 Å². The van der Waals surface area contributed by atoms with E-state index >= 15 is 0 Å². The maximum Gasteiger partial charge on any atom is 0 e. The Bertz CT molecular complexity index is 76.1. The summed E-state index contributed by atoms with van der Waals surface area (Å²) in [6.45, 7) is 0. The van der Waals surface area contributed by atoms with Crippen LogP contribution in [-0.2, 0) is 0 Å². The van der Waals surface area contributed by atoms with Crippen LogP contribution >= 0.6 is 0 Å².